The average molecular weight is 400 g/mol. The van der Waals surface area contributed by atoms with Crippen LogP contribution in [0.3, 0.4) is 0 Å². The van der Waals surface area contributed by atoms with Crippen molar-refractivity contribution in [1.82, 2.24) is 24.7 Å². The Morgan fingerprint density at radius 3 is 2.63 bits per heavy atom. The molecule has 1 fully saturated rings. The van der Waals surface area contributed by atoms with E-state index in [2.05, 4.69) is 20.4 Å². The van der Waals surface area contributed by atoms with E-state index < -0.39 is 0 Å². The van der Waals surface area contributed by atoms with Gasteiger partial charge in [-0.05, 0) is 45.0 Å². The predicted molar refractivity (Wildman–Crippen MR) is 117 cm³/mol. The highest BCUT2D eigenvalue weighted by Gasteiger charge is 2.16. The van der Waals surface area contributed by atoms with Crippen LogP contribution in [0.1, 0.15) is 25.0 Å². The van der Waals surface area contributed by atoms with Gasteiger partial charge in [0.15, 0.2) is 11.5 Å². The zero-order valence-corrected chi connectivity index (χ0v) is 17.0. The molecule has 0 aliphatic carbocycles. The van der Waals surface area contributed by atoms with Gasteiger partial charge >= 0.3 is 0 Å². The molecule has 2 aromatic heterocycles. The normalized spacial score (nSPS) is 15.0. The van der Waals surface area contributed by atoms with Crippen molar-refractivity contribution >= 4 is 28.0 Å². The third kappa shape index (κ3) is 3.52. The molecule has 0 atom stereocenters. The number of hydrogen-bond acceptors (Lipinski definition) is 5. The van der Waals surface area contributed by atoms with E-state index in [0.717, 1.165) is 46.5 Å². The molecule has 30 heavy (non-hydrogen) atoms. The second-order valence-electron chi connectivity index (χ2n) is 7.86. The van der Waals surface area contributed by atoms with E-state index in [1.54, 1.807) is 4.52 Å². The van der Waals surface area contributed by atoms with Gasteiger partial charge in [-0.15, -0.1) is 10.2 Å². The lowest BCUT2D eigenvalue weighted by atomic mass is 10.1. The fourth-order valence-electron chi connectivity index (χ4n) is 4.18. The molecule has 1 N–H and O–H groups in total. The van der Waals surface area contributed by atoms with E-state index in [1.807, 2.05) is 55.5 Å². The van der Waals surface area contributed by atoms with E-state index in [-0.39, 0.29) is 5.91 Å². The van der Waals surface area contributed by atoms with Crippen molar-refractivity contribution in [2.24, 2.45) is 0 Å². The summed E-state index contributed by atoms with van der Waals surface area (Å²) in [6.45, 7) is 4.42. The Kier molecular flexibility index (Phi) is 4.88. The lowest BCUT2D eigenvalue weighted by Gasteiger charge is -2.25. The van der Waals surface area contributed by atoms with Gasteiger partial charge in [0.1, 0.15) is 0 Å². The van der Waals surface area contributed by atoms with Crippen LogP contribution in [-0.2, 0) is 4.79 Å². The van der Waals surface area contributed by atoms with Crippen molar-refractivity contribution in [1.29, 1.82) is 0 Å². The van der Waals surface area contributed by atoms with Crippen LogP contribution in [0.5, 0.6) is 0 Å². The van der Waals surface area contributed by atoms with Crippen LogP contribution in [0.25, 0.3) is 27.8 Å². The quantitative estimate of drug-likeness (QED) is 0.566. The molecule has 0 bridgehead atoms. The summed E-state index contributed by atoms with van der Waals surface area (Å²) in [6, 6.07) is 15.8. The maximum Gasteiger partial charge on any atom is 0.238 e. The molecular weight excluding hydrogens is 376 g/mol. The Bertz CT molecular complexity index is 1230. The highest BCUT2D eigenvalue weighted by Crippen LogP contribution is 2.26. The number of fused-ring (bicyclic) bond motifs is 3. The molecule has 7 heteroatoms. The number of likely N-dealkylation sites (tertiary alicyclic amines) is 1. The SMILES string of the molecule is Cc1nn2c(-c3cccc(NC(=O)CN4CCCCC4)c3)nnc2c2ccccc12. The molecule has 0 spiro atoms. The number of hydrogen-bond donors (Lipinski definition) is 1. The van der Waals surface area contributed by atoms with Gasteiger partial charge in [-0.25, -0.2) is 0 Å². The van der Waals surface area contributed by atoms with Gasteiger partial charge < -0.3 is 5.32 Å². The fourth-order valence-corrected chi connectivity index (χ4v) is 4.18. The summed E-state index contributed by atoms with van der Waals surface area (Å²) < 4.78 is 1.78. The molecule has 0 unspecified atom stereocenters. The number of benzene rings is 2. The number of carbonyl (C=O) groups is 1. The molecule has 152 valence electrons. The monoisotopic (exact) mass is 400 g/mol. The van der Waals surface area contributed by atoms with E-state index in [4.69, 9.17) is 5.10 Å². The van der Waals surface area contributed by atoms with E-state index >= 15 is 0 Å². The molecule has 5 rings (SSSR count). The zero-order chi connectivity index (χ0) is 20.5. The zero-order valence-electron chi connectivity index (χ0n) is 17.0. The lowest BCUT2D eigenvalue weighted by Crippen LogP contribution is -2.36. The smallest absolute Gasteiger partial charge is 0.238 e. The second kappa shape index (κ2) is 7.84. The minimum absolute atomic E-state index is 0.0140. The van der Waals surface area contributed by atoms with Crippen molar-refractivity contribution in [3.8, 4) is 11.4 Å². The lowest BCUT2D eigenvalue weighted by molar-refractivity contribution is -0.117. The third-order valence-electron chi connectivity index (χ3n) is 5.67. The van der Waals surface area contributed by atoms with Crippen molar-refractivity contribution in [2.75, 3.05) is 25.0 Å². The van der Waals surface area contributed by atoms with Crippen LogP contribution in [0.2, 0.25) is 0 Å². The molecule has 2 aromatic carbocycles. The number of anilines is 1. The minimum atomic E-state index is 0.0140. The molecule has 1 amide bonds. The molecule has 4 aromatic rings. The Labute approximate surface area is 174 Å². The molecule has 7 nitrogen and oxygen atoms in total. The standard InChI is InChI=1S/C23H24N6O/c1-16-19-10-3-4-11-20(19)23-26-25-22(29(23)27-16)17-8-7-9-18(14-17)24-21(30)15-28-12-5-2-6-13-28/h3-4,7-11,14H,2,5-6,12-13,15H2,1H3,(H,24,30). The number of nitrogens with one attached hydrogen (secondary N) is 1. The largest absolute Gasteiger partial charge is 0.325 e. The number of aromatic nitrogens is 4. The van der Waals surface area contributed by atoms with Crippen molar-refractivity contribution in [3.05, 3.63) is 54.2 Å². The summed E-state index contributed by atoms with van der Waals surface area (Å²) in [5.74, 6) is 0.672. The summed E-state index contributed by atoms with van der Waals surface area (Å²) in [5, 5.41) is 18.6. The number of piperidine rings is 1. The van der Waals surface area contributed by atoms with Crippen LogP contribution < -0.4 is 5.32 Å². The van der Waals surface area contributed by atoms with Crippen LogP contribution in [0, 0.1) is 6.92 Å². The number of rotatable bonds is 4. The van der Waals surface area contributed by atoms with Crippen molar-refractivity contribution in [2.45, 2.75) is 26.2 Å². The number of amides is 1. The predicted octanol–water partition coefficient (Wildman–Crippen LogP) is 3.68. The molecular formula is C23H24N6O. The first kappa shape index (κ1) is 18.7. The number of nitrogens with zero attached hydrogens (tertiary/aromatic N) is 5. The maximum atomic E-state index is 12.5. The topological polar surface area (TPSA) is 75.4 Å². The summed E-state index contributed by atoms with van der Waals surface area (Å²) in [5.41, 5.74) is 3.26. The van der Waals surface area contributed by atoms with Crippen LogP contribution in [-0.4, -0.2) is 50.3 Å². The number of aryl methyl sites for hydroxylation is 1. The van der Waals surface area contributed by atoms with Crippen molar-refractivity contribution in [3.63, 3.8) is 0 Å². The Morgan fingerprint density at radius 1 is 1.00 bits per heavy atom. The first-order valence-electron chi connectivity index (χ1n) is 10.4. The van der Waals surface area contributed by atoms with Gasteiger partial charge in [0.25, 0.3) is 0 Å². The Hall–Kier alpha value is -3.32. The maximum absolute atomic E-state index is 12.5. The van der Waals surface area contributed by atoms with Crippen molar-refractivity contribution < 1.29 is 4.79 Å². The van der Waals surface area contributed by atoms with Gasteiger partial charge in [0, 0.05) is 22.0 Å². The van der Waals surface area contributed by atoms with Crippen LogP contribution >= 0.6 is 0 Å². The Balaban J connectivity index is 1.44. The summed E-state index contributed by atoms with van der Waals surface area (Å²) in [6.07, 6.45) is 3.60. The third-order valence-corrected chi connectivity index (χ3v) is 5.67. The first-order chi connectivity index (χ1) is 14.7. The van der Waals surface area contributed by atoms with E-state index in [1.165, 1.54) is 19.3 Å². The minimum Gasteiger partial charge on any atom is -0.325 e. The second-order valence-corrected chi connectivity index (χ2v) is 7.86. The highest BCUT2D eigenvalue weighted by molar-refractivity contribution is 5.95. The van der Waals surface area contributed by atoms with E-state index in [9.17, 15) is 4.79 Å². The highest BCUT2D eigenvalue weighted by atomic mass is 16.2. The molecule has 1 aliphatic rings. The fraction of sp³-hybridized carbons (Fsp3) is 0.304. The van der Waals surface area contributed by atoms with Gasteiger partial charge in [-0.2, -0.15) is 9.61 Å². The van der Waals surface area contributed by atoms with Crippen LogP contribution in [0.4, 0.5) is 5.69 Å². The van der Waals surface area contributed by atoms with Gasteiger partial charge in [0.2, 0.25) is 5.91 Å². The Morgan fingerprint density at radius 2 is 1.80 bits per heavy atom. The molecule has 3 heterocycles. The summed E-state index contributed by atoms with van der Waals surface area (Å²) in [4.78, 5) is 14.7. The van der Waals surface area contributed by atoms with E-state index in [0.29, 0.717) is 12.4 Å². The molecule has 1 saturated heterocycles. The van der Waals surface area contributed by atoms with Gasteiger partial charge in [0.05, 0.1) is 12.2 Å². The van der Waals surface area contributed by atoms with Crippen LogP contribution in [0.15, 0.2) is 48.5 Å². The average Bonchev–Trinajstić information content (AvgIpc) is 3.19. The number of carbonyl (C=O) groups excluding carboxylic acids is 1. The van der Waals surface area contributed by atoms with Gasteiger partial charge in [-0.1, -0.05) is 42.8 Å². The molecule has 1 aliphatic heterocycles. The summed E-state index contributed by atoms with van der Waals surface area (Å²) >= 11 is 0. The molecule has 0 radical (unpaired) electrons. The van der Waals surface area contributed by atoms with Gasteiger partial charge in [-0.3, -0.25) is 9.69 Å². The summed E-state index contributed by atoms with van der Waals surface area (Å²) in [7, 11) is 0. The molecule has 0 saturated carbocycles. The first-order valence-corrected chi connectivity index (χ1v) is 10.4.